The molecule has 0 amide bonds. The molecule has 0 atom stereocenters. The Hall–Kier alpha value is -1.05. The third-order valence-electron chi connectivity index (χ3n) is 4.47. The second-order valence-electron chi connectivity index (χ2n) is 7.62. The molecule has 188 valence electrons. The first kappa shape index (κ1) is 35.5. The number of hydrogen-bond acceptors (Lipinski definition) is 4. The van der Waals surface area contributed by atoms with Crippen molar-refractivity contribution >= 4 is 39.1 Å². The fraction of sp³-hybridized carbons (Fsp3) is 0.800. The number of carbonyl (C=O) groups excluding carboxylic acids is 1. The van der Waals surface area contributed by atoms with Gasteiger partial charge in [-0.2, -0.15) is 0 Å². The van der Waals surface area contributed by atoms with E-state index in [4.69, 9.17) is 10.2 Å². The molecule has 0 saturated heterocycles. The monoisotopic (exact) mass is 564 g/mol. The average molecular weight is 563 g/mol. The Morgan fingerprint density at radius 3 is 1.50 bits per heavy atom. The Kier molecular flexibility index (Phi) is 35.7. The minimum atomic E-state index is -1.17. The molecule has 0 fully saturated rings. The van der Waals surface area contributed by atoms with Gasteiger partial charge < -0.3 is 14.9 Å². The molecule has 0 spiro atoms. The van der Waals surface area contributed by atoms with Crippen molar-refractivity contribution < 1.29 is 29.3 Å². The summed E-state index contributed by atoms with van der Waals surface area (Å²) < 4.78 is 7.36. The van der Waals surface area contributed by atoms with Gasteiger partial charge in [-0.25, -0.2) is 9.59 Å². The zero-order chi connectivity index (χ0) is 24.9. The van der Waals surface area contributed by atoms with Crippen molar-refractivity contribution in [3.05, 3.63) is 12.2 Å². The van der Waals surface area contributed by atoms with E-state index in [1.165, 1.54) is 77.7 Å². The van der Waals surface area contributed by atoms with E-state index >= 15 is 0 Å². The summed E-state index contributed by atoms with van der Waals surface area (Å²) >= 11 is 0.149. The van der Waals surface area contributed by atoms with E-state index < -0.39 is 17.9 Å². The summed E-state index contributed by atoms with van der Waals surface area (Å²) in [4.78, 5) is 30.1. The van der Waals surface area contributed by atoms with Crippen molar-refractivity contribution in [2.45, 2.75) is 120 Å². The summed E-state index contributed by atoms with van der Waals surface area (Å²) in [7, 11) is 1.18. The van der Waals surface area contributed by atoms with Crippen LogP contribution in [0.1, 0.15) is 111 Å². The zero-order valence-electron chi connectivity index (χ0n) is 21.0. The quantitative estimate of drug-likeness (QED) is 0.0813. The Morgan fingerprint density at radius 1 is 0.688 bits per heavy atom. The molecule has 0 aromatic rings. The van der Waals surface area contributed by atoms with Crippen molar-refractivity contribution in [3.63, 3.8) is 0 Å². The summed E-state index contributed by atoms with van der Waals surface area (Å²) in [6.45, 7) is 6.81. The van der Waals surface area contributed by atoms with Gasteiger partial charge in [0.15, 0.2) is 0 Å². The van der Waals surface area contributed by atoms with E-state index in [9.17, 15) is 14.4 Å². The third-order valence-corrected chi connectivity index (χ3v) is 8.51. The van der Waals surface area contributed by atoms with E-state index in [-0.39, 0.29) is 21.1 Å². The van der Waals surface area contributed by atoms with Gasteiger partial charge in [-0.1, -0.05) is 58.3 Å². The van der Waals surface area contributed by atoms with Crippen LogP contribution >= 0.6 is 0 Å². The van der Waals surface area contributed by atoms with Crippen molar-refractivity contribution in [1.82, 2.24) is 0 Å². The maximum Gasteiger partial charge on any atom is 0.330 e. The molecule has 0 saturated carbocycles. The number of esters is 1. The van der Waals surface area contributed by atoms with Crippen LogP contribution in [0.25, 0.3) is 0 Å². The minimum Gasteiger partial charge on any atom is -0.478 e. The molecule has 0 rings (SSSR count). The number of ether oxygens (including phenoxy) is 1. The van der Waals surface area contributed by atoms with Crippen molar-refractivity contribution in [2.24, 2.45) is 0 Å². The van der Waals surface area contributed by atoms with E-state index in [1.807, 2.05) is 0 Å². The number of carboxylic acids is 2. The van der Waals surface area contributed by atoms with Crippen LogP contribution < -0.4 is 0 Å². The second-order valence-corrected chi connectivity index (χ2v) is 11.9. The normalized spacial score (nSPS) is 10.0. The molecule has 0 unspecified atom stereocenters. The number of unbranched alkanes of at least 4 members (excludes halogenated alkanes) is 10. The van der Waals surface area contributed by atoms with Crippen LogP contribution in [0.2, 0.25) is 8.87 Å². The van der Waals surface area contributed by atoms with Crippen molar-refractivity contribution in [3.8, 4) is 0 Å². The van der Waals surface area contributed by atoms with E-state index in [0.29, 0.717) is 12.5 Å². The predicted molar refractivity (Wildman–Crippen MR) is 133 cm³/mol. The maximum absolute atomic E-state index is 10.2. The molecule has 0 aliphatic rings. The van der Waals surface area contributed by atoms with E-state index in [1.54, 1.807) is 8.87 Å². The topological polar surface area (TPSA) is 101 Å². The zero-order valence-corrected chi connectivity index (χ0v) is 23.8. The molecule has 0 aromatic carbocycles. The summed E-state index contributed by atoms with van der Waals surface area (Å²) in [5.41, 5.74) is 0. The molecule has 6 nitrogen and oxygen atoms in total. The van der Waals surface area contributed by atoms with Crippen LogP contribution in [0.5, 0.6) is 0 Å². The van der Waals surface area contributed by atoms with Crippen LogP contribution in [0, 0.1) is 0 Å². The van der Waals surface area contributed by atoms with Gasteiger partial charge in [-0.15, -0.1) is 0 Å². The van der Waals surface area contributed by atoms with Gasteiger partial charge in [0.05, 0.1) is 7.11 Å². The van der Waals surface area contributed by atoms with Crippen LogP contribution in [-0.2, 0) is 19.1 Å². The van der Waals surface area contributed by atoms with Gasteiger partial charge in [0, 0.05) is 18.6 Å². The van der Waals surface area contributed by atoms with Gasteiger partial charge in [-0.3, -0.25) is 4.79 Å². The average Bonchev–Trinajstić information content (AvgIpc) is 2.77. The molecule has 0 bridgehead atoms. The minimum absolute atomic E-state index is 0.149. The van der Waals surface area contributed by atoms with Gasteiger partial charge >= 0.3 is 87.5 Å². The first-order valence-corrected chi connectivity index (χ1v) is 16.3. The number of aliphatic carboxylic acids is 2. The summed E-state index contributed by atoms with van der Waals surface area (Å²) in [6, 6.07) is 0. The number of carboxylic acid groups (broad SMARTS) is 2. The largest absolute Gasteiger partial charge is 0.478 e. The molecular weight excluding hydrogens is 515 g/mol. The molecular formula is C25H48O6Sn. The van der Waals surface area contributed by atoms with E-state index in [0.717, 1.165) is 18.9 Å². The van der Waals surface area contributed by atoms with Crippen LogP contribution in [-0.4, -0.2) is 56.4 Å². The molecule has 0 aliphatic heterocycles. The number of methoxy groups -OCH3 is 1. The van der Waals surface area contributed by atoms with Gasteiger partial charge in [0.25, 0.3) is 0 Å². The molecule has 0 aromatic heterocycles. The first-order valence-electron chi connectivity index (χ1n) is 12.3. The molecule has 0 aliphatic carbocycles. The van der Waals surface area contributed by atoms with Gasteiger partial charge in [0.2, 0.25) is 0 Å². The van der Waals surface area contributed by atoms with Gasteiger partial charge in [0.1, 0.15) is 0 Å². The smallest absolute Gasteiger partial charge is 0.330 e. The molecule has 2 radical (unpaired) electrons. The van der Waals surface area contributed by atoms with Gasteiger partial charge in [-0.05, 0) is 6.42 Å². The third kappa shape index (κ3) is 42.9. The molecule has 0 heterocycles. The maximum atomic E-state index is 10.2. The Morgan fingerprint density at radius 2 is 1.12 bits per heavy atom. The molecule has 7 heteroatoms. The van der Waals surface area contributed by atoms with Crippen molar-refractivity contribution in [2.75, 3.05) is 7.11 Å². The second kappa shape index (κ2) is 32.1. The van der Waals surface area contributed by atoms with Crippen LogP contribution in [0.15, 0.2) is 12.2 Å². The fourth-order valence-electron chi connectivity index (χ4n) is 2.52. The number of carbonyl (C=O) groups is 3. The standard InChI is InChI=1S/C12H24O2.C5H6O4.2C4H9.Sn/c1-2-3-4-5-6-7-8-9-10-11-12(13)14;1-9-5(8)3-2-4(6)7;2*1-3-4-2;/h2-11H2,1H3,(H,13,14);2-3H,1H3,(H,6,7);2*1,3-4H2,2H3;. The summed E-state index contributed by atoms with van der Waals surface area (Å²) in [5, 5.41) is 16.4. The predicted octanol–water partition coefficient (Wildman–Crippen LogP) is 6.92. The molecule has 2 N–H and O–H groups in total. The summed E-state index contributed by atoms with van der Waals surface area (Å²) in [5.74, 6) is -2.49. The SMILES string of the molecule is CCCCCCCCCCCC(=O)O.CCC[CH2][Sn][CH2]CCC.COC(=O)C=CC(=O)O. The Bertz CT molecular complexity index is 446. The van der Waals surface area contributed by atoms with Crippen LogP contribution in [0.3, 0.4) is 0 Å². The van der Waals surface area contributed by atoms with Crippen molar-refractivity contribution in [1.29, 1.82) is 0 Å². The van der Waals surface area contributed by atoms with Crippen LogP contribution in [0.4, 0.5) is 0 Å². The summed E-state index contributed by atoms with van der Waals surface area (Å²) in [6.07, 6.45) is 18.9. The Balaban J connectivity index is -0.000000411. The van der Waals surface area contributed by atoms with E-state index in [2.05, 4.69) is 25.5 Å². The molecule has 32 heavy (non-hydrogen) atoms. The number of rotatable bonds is 18. The number of hydrogen-bond donors (Lipinski definition) is 2. The fourth-order valence-corrected chi connectivity index (χ4v) is 6.68. The Labute approximate surface area is 206 Å². The first-order chi connectivity index (χ1) is 15.3.